The number of rotatable bonds is 5. The lowest BCUT2D eigenvalue weighted by atomic mass is 9.49. The third-order valence-electron chi connectivity index (χ3n) is 5.39. The van der Waals surface area contributed by atoms with Gasteiger partial charge >= 0.3 is 11.5 Å². The second-order valence-corrected chi connectivity index (χ2v) is 8.52. The predicted molar refractivity (Wildman–Crippen MR) is 79.9 cm³/mol. The number of nitrogens with zero attached hydrogens (tertiary/aromatic N) is 1. The maximum absolute atomic E-state index is 12.6. The minimum absolute atomic E-state index is 0.169. The summed E-state index contributed by atoms with van der Waals surface area (Å²) in [5, 5.41) is 11.3. The summed E-state index contributed by atoms with van der Waals surface area (Å²) < 4.78 is 41.6. The first-order valence-corrected chi connectivity index (χ1v) is 8.84. The van der Waals surface area contributed by atoms with Gasteiger partial charge in [0.2, 0.25) is 0 Å². The highest BCUT2D eigenvalue weighted by Crippen LogP contribution is 2.60. The Labute approximate surface area is 137 Å². The molecule has 4 bridgehead atoms. The number of hydroxylamine groups is 1. The molecule has 4 aliphatic carbocycles. The Kier molecular flexibility index (Phi) is 4.61. The molecular formula is C15H21F3NO3S-. The summed E-state index contributed by atoms with van der Waals surface area (Å²) in [5.41, 5.74) is -5.07. The molecule has 1 atom stereocenters. The summed E-state index contributed by atoms with van der Waals surface area (Å²) >= 11 is -0.742. The van der Waals surface area contributed by atoms with Crippen LogP contribution in [0.1, 0.15) is 45.4 Å². The molecule has 8 heteroatoms. The van der Waals surface area contributed by atoms with Gasteiger partial charge in [-0.25, -0.2) is 0 Å². The van der Waals surface area contributed by atoms with Gasteiger partial charge in [-0.05, 0) is 63.2 Å². The van der Waals surface area contributed by atoms with E-state index in [-0.39, 0.29) is 10.4 Å². The zero-order valence-electron chi connectivity index (χ0n) is 13.0. The Bertz CT molecular complexity index is 436. The van der Waals surface area contributed by atoms with Crippen molar-refractivity contribution in [1.29, 1.82) is 0 Å². The Hall–Kier alpha value is -0.470. The Morgan fingerprint density at radius 3 is 2.17 bits per heavy atom. The van der Waals surface area contributed by atoms with Crippen LogP contribution in [0.5, 0.6) is 0 Å². The van der Waals surface area contributed by atoms with Crippen LogP contribution in [0, 0.1) is 28.4 Å². The molecule has 4 rings (SSSR count). The zero-order valence-corrected chi connectivity index (χ0v) is 13.8. The molecule has 0 aromatic carbocycles. The van der Waals surface area contributed by atoms with Crippen LogP contribution in [0.4, 0.5) is 13.2 Å². The first-order valence-electron chi connectivity index (χ1n) is 8.07. The minimum atomic E-state index is -4.62. The molecule has 0 N–H and O–H groups in total. The predicted octanol–water partition coefficient (Wildman–Crippen LogP) is 4.10. The second-order valence-electron chi connectivity index (χ2n) is 7.47. The van der Waals surface area contributed by atoms with Gasteiger partial charge in [0, 0.05) is 18.5 Å². The molecule has 0 aromatic heterocycles. The Balaban J connectivity index is 1.55. The standard InChI is InChI=1S/C15H21F3NO3S/c1-9(8-19(21)23-15(16,17)18)22-13(20)14-5-10-2-11(6-14)4-12(3-10)7-14/h9-12H,2-8H2,1H3/q-1. The summed E-state index contributed by atoms with van der Waals surface area (Å²) in [5.74, 6) is 1.44. The van der Waals surface area contributed by atoms with Crippen LogP contribution in [-0.2, 0) is 9.53 Å². The van der Waals surface area contributed by atoms with Crippen molar-refractivity contribution in [3.63, 3.8) is 0 Å². The molecule has 4 saturated carbocycles. The molecular weight excluding hydrogens is 331 g/mol. The van der Waals surface area contributed by atoms with E-state index in [2.05, 4.69) is 0 Å². The second kappa shape index (κ2) is 6.11. The highest BCUT2D eigenvalue weighted by atomic mass is 32.2. The molecule has 23 heavy (non-hydrogen) atoms. The van der Waals surface area contributed by atoms with Crippen molar-refractivity contribution in [1.82, 2.24) is 4.47 Å². The maximum atomic E-state index is 12.6. The van der Waals surface area contributed by atoms with Crippen molar-refractivity contribution in [2.24, 2.45) is 23.2 Å². The Morgan fingerprint density at radius 1 is 1.26 bits per heavy atom. The van der Waals surface area contributed by atoms with Crippen LogP contribution in [0.2, 0.25) is 0 Å². The quantitative estimate of drug-likeness (QED) is 0.423. The van der Waals surface area contributed by atoms with Crippen LogP contribution in [0.25, 0.3) is 0 Å². The van der Waals surface area contributed by atoms with E-state index in [1.54, 1.807) is 0 Å². The third-order valence-corrected chi connectivity index (χ3v) is 5.95. The molecule has 0 saturated heterocycles. The summed E-state index contributed by atoms with van der Waals surface area (Å²) in [6, 6.07) is 0. The molecule has 0 aromatic rings. The van der Waals surface area contributed by atoms with Crippen molar-refractivity contribution in [2.45, 2.75) is 57.1 Å². The molecule has 4 nitrogen and oxygen atoms in total. The van der Waals surface area contributed by atoms with E-state index in [1.807, 2.05) is 0 Å². The van der Waals surface area contributed by atoms with Gasteiger partial charge < -0.3 is 14.4 Å². The largest absolute Gasteiger partial charge is 0.775 e. The van der Waals surface area contributed by atoms with Crippen LogP contribution in [0.3, 0.4) is 0 Å². The van der Waals surface area contributed by atoms with E-state index in [9.17, 15) is 23.2 Å². The fraction of sp³-hybridized carbons (Fsp3) is 0.933. The van der Waals surface area contributed by atoms with Crippen LogP contribution in [0.15, 0.2) is 0 Å². The van der Waals surface area contributed by atoms with Crippen molar-refractivity contribution >= 4 is 17.9 Å². The third kappa shape index (κ3) is 3.96. The van der Waals surface area contributed by atoms with E-state index in [0.29, 0.717) is 17.8 Å². The SMILES string of the molecule is CC(CN([O-])SC(F)(F)F)OC(=O)C12CC3CC(CC(C3)C1)C2. The molecule has 4 aliphatic rings. The van der Waals surface area contributed by atoms with Gasteiger partial charge in [-0.3, -0.25) is 4.79 Å². The van der Waals surface area contributed by atoms with E-state index >= 15 is 0 Å². The van der Waals surface area contributed by atoms with E-state index < -0.39 is 35.5 Å². The van der Waals surface area contributed by atoms with Crippen LogP contribution < -0.4 is 0 Å². The molecule has 0 amide bonds. The number of halogens is 3. The van der Waals surface area contributed by atoms with Crippen LogP contribution >= 0.6 is 11.9 Å². The fourth-order valence-electron chi connectivity index (χ4n) is 5.07. The van der Waals surface area contributed by atoms with Crippen molar-refractivity contribution in [2.75, 3.05) is 6.54 Å². The molecule has 0 heterocycles. The summed E-state index contributed by atoms with van der Waals surface area (Å²) in [6.07, 6.45) is 5.24. The van der Waals surface area contributed by atoms with E-state index in [0.717, 1.165) is 19.3 Å². The minimum Gasteiger partial charge on any atom is -0.775 e. The highest BCUT2D eigenvalue weighted by molar-refractivity contribution is 7.97. The normalized spacial score (nSPS) is 37.2. The molecule has 0 aliphatic heterocycles. The van der Waals surface area contributed by atoms with E-state index in [4.69, 9.17) is 4.74 Å². The zero-order chi connectivity index (χ0) is 16.8. The van der Waals surface area contributed by atoms with Crippen molar-refractivity contribution < 1.29 is 22.7 Å². The monoisotopic (exact) mass is 352 g/mol. The number of alkyl halides is 3. The Morgan fingerprint density at radius 2 is 1.74 bits per heavy atom. The smallest absolute Gasteiger partial charge is 0.455 e. The molecule has 0 radical (unpaired) electrons. The number of carbonyl (C=O) groups is 1. The first-order chi connectivity index (χ1) is 10.7. The maximum Gasteiger partial charge on any atom is 0.455 e. The molecule has 0 spiro atoms. The summed E-state index contributed by atoms with van der Waals surface area (Å²) in [4.78, 5) is 12.6. The molecule has 1 unspecified atom stereocenters. The van der Waals surface area contributed by atoms with Gasteiger partial charge in [0.1, 0.15) is 6.10 Å². The van der Waals surface area contributed by atoms with Gasteiger partial charge in [0.25, 0.3) is 0 Å². The number of esters is 1. The van der Waals surface area contributed by atoms with E-state index in [1.165, 1.54) is 26.2 Å². The number of hydrogen-bond acceptors (Lipinski definition) is 5. The molecule has 132 valence electrons. The van der Waals surface area contributed by atoms with Crippen LogP contribution in [-0.4, -0.2) is 28.6 Å². The van der Waals surface area contributed by atoms with Gasteiger partial charge in [-0.1, -0.05) is 0 Å². The first kappa shape index (κ1) is 17.4. The average molecular weight is 352 g/mol. The molecule has 4 fully saturated rings. The number of hydrogen-bond donors (Lipinski definition) is 0. The van der Waals surface area contributed by atoms with Gasteiger partial charge in [-0.2, -0.15) is 13.2 Å². The topological polar surface area (TPSA) is 52.6 Å². The summed E-state index contributed by atoms with van der Waals surface area (Å²) in [7, 11) is 0. The fourth-order valence-corrected chi connectivity index (χ4v) is 5.58. The highest BCUT2D eigenvalue weighted by Gasteiger charge is 2.55. The van der Waals surface area contributed by atoms with Gasteiger partial charge in [-0.15, -0.1) is 0 Å². The number of ether oxygens (including phenoxy) is 1. The van der Waals surface area contributed by atoms with Crippen molar-refractivity contribution in [3.8, 4) is 0 Å². The average Bonchev–Trinajstić information content (AvgIpc) is 2.33. The van der Waals surface area contributed by atoms with Gasteiger partial charge in [0.05, 0.1) is 5.41 Å². The van der Waals surface area contributed by atoms with Crippen molar-refractivity contribution in [3.05, 3.63) is 5.21 Å². The lowest BCUT2D eigenvalue weighted by molar-refractivity contribution is -0.176. The number of carbonyl (C=O) groups excluding carboxylic acids is 1. The van der Waals surface area contributed by atoms with Gasteiger partial charge in [0.15, 0.2) is 0 Å². The lowest BCUT2D eigenvalue weighted by Gasteiger charge is -2.55. The lowest BCUT2D eigenvalue weighted by Crippen LogP contribution is -2.51. The summed E-state index contributed by atoms with van der Waals surface area (Å²) in [6.45, 7) is 0.989.